The van der Waals surface area contributed by atoms with Crippen LogP contribution in [0.25, 0.3) is 0 Å². The Morgan fingerprint density at radius 1 is 0.734 bits per heavy atom. The fourth-order valence-electron chi connectivity index (χ4n) is 18.9. The van der Waals surface area contributed by atoms with Crippen LogP contribution in [-0.2, 0) is 62.1 Å². The molecule has 0 spiro atoms. The number of rotatable bonds is 22. The van der Waals surface area contributed by atoms with Crippen LogP contribution in [0.2, 0.25) is 5.02 Å². The number of likely N-dealkylation sites (N-methyl/N-ethyl adjacent to an activating group) is 1. The lowest BCUT2D eigenvalue weighted by Crippen LogP contribution is -2.64. The van der Waals surface area contributed by atoms with E-state index in [1.165, 1.54) is 89.4 Å². The number of halogens is 1. The van der Waals surface area contributed by atoms with E-state index < -0.39 is 242 Å². The van der Waals surface area contributed by atoms with E-state index in [1.807, 2.05) is 20.8 Å². The molecule has 7 aliphatic heterocycles. The van der Waals surface area contributed by atoms with Gasteiger partial charge < -0.3 is 133 Å². The van der Waals surface area contributed by atoms with Gasteiger partial charge in [-0.3, -0.25) is 48.5 Å². The van der Waals surface area contributed by atoms with Crippen molar-refractivity contribution in [1.82, 2.24) is 53.2 Å². The van der Waals surface area contributed by atoms with E-state index in [9.17, 15) is 60.3 Å². The number of aliphatic hydroxyl groups excluding tert-OH is 9. The molecule has 676 valence electrons. The molecule has 0 aromatic heterocycles. The van der Waals surface area contributed by atoms with E-state index in [0.29, 0.717) is 37.3 Å². The van der Waals surface area contributed by atoms with Gasteiger partial charge in [0.25, 0.3) is 5.91 Å². The van der Waals surface area contributed by atoms with E-state index in [0.717, 1.165) is 50.7 Å². The first-order valence-corrected chi connectivity index (χ1v) is 43.1. The average molecular weight is 1750 g/mol. The van der Waals surface area contributed by atoms with Gasteiger partial charge in [0.05, 0.1) is 48.3 Å². The molecular formula is C87H116ClN11O25. The van der Waals surface area contributed by atoms with Crippen LogP contribution in [0.1, 0.15) is 166 Å². The second-order valence-electron chi connectivity index (χ2n) is 35.2. The number of benzene rings is 3. The third-order valence-electron chi connectivity index (χ3n) is 25.6. The van der Waals surface area contributed by atoms with Crippen molar-refractivity contribution in [3.8, 4) is 28.7 Å². The van der Waals surface area contributed by atoms with E-state index in [1.54, 1.807) is 0 Å². The molecule has 15 rings (SSSR count). The van der Waals surface area contributed by atoms with Crippen molar-refractivity contribution >= 4 is 64.8 Å². The van der Waals surface area contributed by atoms with Gasteiger partial charge >= 0.3 is 0 Å². The van der Waals surface area contributed by atoms with Crippen LogP contribution in [-0.4, -0.2) is 242 Å². The van der Waals surface area contributed by atoms with E-state index in [2.05, 4.69) is 53.2 Å². The Bertz CT molecular complexity index is 4660. The molecule has 9 amide bonds. The molecule has 3 aromatic carbocycles. The number of aryl methyl sites for hydroxylation is 1. The summed E-state index contributed by atoms with van der Waals surface area (Å²) in [6, 6.07) is -3.74. The molecule has 36 nitrogen and oxygen atoms in total. The summed E-state index contributed by atoms with van der Waals surface area (Å²) in [4.78, 5) is 138. The lowest BCUT2D eigenvalue weighted by Gasteiger charge is -2.52. The number of hydrogen-bond acceptors (Lipinski definition) is 28. The van der Waals surface area contributed by atoms with Gasteiger partial charge in [0.2, 0.25) is 59.3 Å². The Labute approximate surface area is 721 Å². The smallest absolute Gasteiger partial charge is 0.255 e. The zero-order chi connectivity index (χ0) is 89.2. The predicted molar refractivity (Wildman–Crippen MR) is 443 cm³/mol. The van der Waals surface area contributed by atoms with Crippen LogP contribution in [0.4, 0.5) is 0 Å². The lowest BCUT2D eigenvalue weighted by molar-refractivity contribution is -0.333. The summed E-state index contributed by atoms with van der Waals surface area (Å²) < 4.78 is 45.1. The fraction of sp³-hybridized carbons (Fsp3) is 0.598. The number of nitrogens with one attached hydrogen (secondary N) is 10. The normalized spacial score (nSPS) is 33.5. The highest BCUT2D eigenvalue weighted by atomic mass is 35.5. The Balaban J connectivity index is 0.987. The Morgan fingerprint density at radius 3 is 2.13 bits per heavy atom. The molecule has 3 saturated heterocycles. The highest BCUT2D eigenvalue weighted by Crippen LogP contribution is 2.54. The molecule has 37 heteroatoms. The van der Waals surface area contributed by atoms with E-state index in [-0.39, 0.29) is 92.8 Å². The first-order valence-electron chi connectivity index (χ1n) is 42.7. The van der Waals surface area contributed by atoms with Gasteiger partial charge in [-0.2, -0.15) is 0 Å². The number of ether oxygens (including phenoxy) is 7. The summed E-state index contributed by atoms with van der Waals surface area (Å²) in [5, 5.41) is 135. The highest BCUT2D eigenvalue weighted by Gasteiger charge is 2.53. The molecule has 124 heavy (non-hydrogen) atoms. The van der Waals surface area contributed by atoms with Crippen LogP contribution in [0.3, 0.4) is 0 Å². The molecule has 5 aliphatic carbocycles. The van der Waals surface area contributed by atoms with Crippen molar-refractivity contribution in [2.45, 2.75) is 259 Å². The SMILES string of the molecule is CCCNCCOC(C)C(=O)NC(=O)CC[C@@H]1NC(=O)[C@H](NC(=O)[C@@H](CC(C)C)NC)[C@H](O)c2ccc(c(C)c2)Oc2cc3cc(c2O[C@@H]2O[C@H](CO)[C@@H](O)[C@H](O)[C@H]2O[C@H]2C[C@](C)(N)[C@H](O)[C@H](C)O2)Oc2ccc(cc2Cl)[C@@H](O)[C@@H]2NC(=O)[C@H](NC(=O)[C@@H]3NC1=O)C1=CC=C(O)C(C1)C1=C(O)C[C@@H](O)C=C1[C@@H](C(=O)NC1CC3CCC4CC3CC1C4)NC2=O. The number of allylic oxidation sites excluding steroid dienone is 3. The molecule has 26 atom stereocenters. The van der Waals surface area contributed by atoms with Crippen molar-refractivity contribution in [3.05, 3.63) is 122 Å². The van der Waals surface area contributed by atoms with Gasteiger partial charge in [-0.05, 0) is 211 Å². The third kappa shape index (κ3) is 20.6. The second-order valence-corrected chi connectivity index (χ2v) is 35.6. The number of carbonyl (C=O) groups excluding carboxylic acids is 9. The molecule has 14 bridgehead atoms. The van der Waals surface area contributed by atoms with E-state index in [4.69, 9.17) is 50.5 Å². The zero-order valence-corrected chi connectivity index (χ0v) is 71.2. The summed E-state index contributed by atoms with van der Waals surface area (Å²) >= 11 is 7.32. The summed E-state index contributed by atoms with van der Waals surface area (Å²) in [6.45, 7) is 11.8. The quantitative estimate of drug-likeness (QED) is 0.0640. The van der Waals surface area contributed by atoms with Gasteiger partial charge in [-0.25, -0.2) is 0 Å². The minimum absolute atomic E-state index is 0.0235. The maximum atomic E-state index is 16.7. The van der Waals surface area contributed by atoms with Gasteiger partial charge in [0, 0.05) is 48.9 Å². The summed E-state index contributed by atoms with van der Waals surface area (Å²) in [6.07, 6.45) is -12.3. The monoisotopic (exact) mass is 1750 g/mol. The minimum atomic E-state index is -2.30. The van der Waals surface area contributed by atoms with Gasteiger partial charge in [-0.1, -0.05) is 57.0 Å². The number of imide groups is 1. The average Bonchev–Trinajstić information content (AvgIpc) is 0.768. The van der Waals surface area contributed by atoms with Crippen molar-refractivity contribution in [3.63, 3.8) is 0 Å². The van der Waals surface area contributed by atoms with Gasteiger partial charge in [0.1, 0.15) is 90.1 Å². The topological polar surface area (TPSA) is 547 Å². The minimum Gasteiger partial charge on any atom is -0.512 e. The zero-order valence-electron chi connectivity index (χ0n) is 70.4. The molecule has 21 N–H and O–H groups in total. The lowest BCUT2D eigenvalue weighted by atomic mass is 9.56. The van der Waals surface area contributed by atoms with Crippen LogP contribution in [0.5, 0.6) is 28.7 Å². The van der Waals surface area contributed by atoms with Crippen molar-refractivity contribution < 1.29 is 122 Å². The Kier molecular flexibility index (Phi) is 29.3. The molecule has 0 radical (unpaired) electrons. The molecule has 12 aliphatic rings. The number of carbonyl (C=O) groups is 9. The Morgan fingerprint density at radius 2 is 1.44 bits per heavy atom. The number of amides is 9. The highest BCUT2D eigenvalue weighted by molar-refractivity contribution is 6.32. The molecule has 3 saturated carbocycles. The summed E-state index contributed by atoms with van der Waals surface area (Å²) in [5.41, 5.74) is 4.41. The Hall–Kier alpha value is -9.22. The number of nitrogens with two attached hydrogens (primary N) is 1. The van der Waals surface area contributed by atoms with Gasteiger partial charge in [-0.15, -0.1) is 0 Å². The predicted octanol–water partition coefficient (Wildman–Crippen LogP) is 2.02. The van der Waals surface area contributed by atoms with Crippen molar-refractivity contribution in [2.24, 2.45) is 41.2 Å². The fourth-order valence-corrected chi connectivity index (χ4v) is 19.1. The largest absolute Gasteiger partial charge is 0.512 e. The second kappa shape index (κ2) is 39.3. The van der Waals surface area contributed by atoms with Crippen molar-refractivity contribution in [2.75, 3.05) is 33.4 Å². The maximum Gasteiger partial charge on any atom is 0.255 e. The summed E-state index contributed by atoms with van der Waals surface area (Å²) in [7, 11) is 1.51. The number of aliphatic hydroxyl groups is 9. The maximum absolute atomic E-state index is 16.7. The number of hydrogen-bond donors (Lipinski definition) is 20. The van der Waals surface area contributed by atoms with Gasteiger partial charge in [0.15, 0.2) is 23.9 Å². The van der Waals surface area contributed by atoms with Crippen LogP contribution < -0.4 is 73.1 Å². The molecule has 7 unspecified atom stereocenters. The standard InChI is InChI=1S/C87H116ClN11O25/c1-9-20-91-21-22-118-40(6)78(110)94-63(104)19-15-53-79(111)95-67-48-31-60(120-58-17-13-44(24-38(58)4)71(105)69(84(116)92-53)98-80(112)55(90-8)23-37(2)3)75(124-86-76(74(108)73(107)62(36-100)122-86)123-64-35-87(7,89)77(109)39(5)119-64)61(32-48)121-59-18-14-45(29-52(59)88)72(106)70-85(117)97-68(83(115)93-54-30-42-11-10-41-25-46(42)27-47(54)26-41)51-33-49(101)34-57(103)65(51)50-28-43(12-16-56(50)102)66(81(113)99-70)96-82(67)114/h12-14,16-18,24,29,31-33,37,39-42,46-47,49-50,53-55,62,64,66-74,76-77,86,90-91,100-103,105-109H,9-11,15,19-23,25-28,30,34-36,89H2,1-8H3,(H,92,116)(H,93,115)(H,95,111)(H,96,114)(H,97,117)(H,98,112)(H,99,113)(H,94,104,110)/t39-,40?,41?,42?,46?,47?,49-,50?,53-,54?,55+,62+,64-,66+,67+,68-,69+,70-,71+,72+,73+,74-,76+,77+,86-,87-/m0/s1. The first-order chi connectivity index (χ1) is 59.0. The summed E-state index contributed by atoms with van der Waals surface area (Å²) in [5.74, 6) is -13.1. The number of fused-ring (bicyclic) bond motifs is 17. The molecular weight excluding hydrogens is 1630 g/mol. The molecule has 3 aromatic rings. The first kappa shape index (κ1) is 92.4. The van der Waals surface area contributed by atoms with Crippen LogP contribution in [0.15, 0.2) is 95.0 Å². The van der Waals surface area contributed by atoms with E-state index >= 15 is 28.8 Å². The molecule has 7 heterocycles. The third-order valence-corrected chi connectivity index (χ3v) is 25.9. The van der Waals surface area contributed by atoms with Crippen molar-refractivity contribution in [1.29, 1.82) is 0 Å². The molecule has 6 fully saturated rings. The van der Waals surface area contributed by atoms with Crippen LogP contribution >= 0.6 is 11.6 Å². The van der Waals surface area contributed by atoms with Crippen LogP contribution in [0, 0.1) is 42.4 Å².